The molecule has 0 saturated heterocycles. The second kappa shape index (κ2) is 14.5. The van der Waals surface area contributed by atoms with E-state index in [2.05, 4.69) is 119 Å². The second-order valence-electron chi connectivity index (χ2n) is 11.7. The summed E-state index contributed by atoms with van der Waals surface area (Å²) >= 11 is 0. The molecule has 0 amide bonds. The molecule has 218 valence electrons. The lowest BCUT2D eigenvalue weighted by atomic mass is 10.0. The first-order valence-electron chi connectivity index (χ1n) is 15.9. The maximum atomic E-state index is 6.47. The van der Waals surface area contributed by atoms with E-state index in [0.717, 1.165) is 37.7 Å². The molecule has 2 aliphatic heterocycles. The molecule has 2 unspecified atom stereocenters. The van der Waals surface area contributed by atoms with Gasteiger partial charge in [-0.3, -0.25) is 9.80 Å². The minimum Gasteiger partial charge on any atom is -0.471 e. The van der Waals surface area contributed by atoms with Gasteiger partial charge in [0.25, 0.3) is 0 Å². The quantitative estimate of drug-likeness (QED) is 0.152. The number of hydrogen-bond acceptors (Lipinski definition) is 4. The summed E-state index contributed by atoms with van der Waals surface area (Å²) < 4.78 is 12.9. The fourth-order valence-electron chi connectivity index (χ4n) is 6.37. The summed E-state index contributed by atoms with van der Waals surface area (Å²) in [4.78, 5) is 5.01. The van der Waals surface area contributed by atoms with Gasteiger partial charge in [-0.2, -0.15) is 0 Å². The minimum absolute atomic E-state index is 0.00127. The van der Waals surface area contributed by atoms with Crippen LogP contribution in [-0.2, 0) is 13.1 Å². The molecule has 0 saturated carbocycles. The number of benzene rings is 4. The van der Waals surface area contributed by atoms with Crippen LogP contribution in [0, 0.1) is 0 Å². The average Bonchev–Trinajstić information content (AvgIpc) is 3.05. The van der Waals surface area contributed by atoms with E-state index in [4.69, 9.17) is 9.47 Å². The van der Waals surface area contributed by atoms with Crippen molar-refractivity contribution < 1.29 is 9.47 Å². The van der Waals surface area contributed by atoms with Crippen molar-refractivity contribution in [1.29, 1.82) is 0 Å². The van der Waals surface area contributed by atoms with E-state index in [1.807, 2.05) is 0 Å². The highest BCUT2D eigenvalue weighted by molar-refractivity contribution is 5.37. The highest BCUT2D eigenvalue weighted by atomic mass is 16.5. The Bertz CT molecular complexity index is 1270. The van der Waals surface area contributed by atoms with Crippen LogP contribution in [-0.4, -0.2) is 22.9 Å². The second-order valence-corrected chi connectivity index (χ2v) is 11.7. The molecule has 2 aliphatic rings. The smallest absolute Gasteiger partial charge is 0.179 e. The minimum atomic E-state index is 0.00127. The zero-order chi connectivity index (χ0) is 28.4. The van der Waals surface area contributed by atoms with Crippen LogP contribution in [0.4, 0.5) is 0 Å². The topological polar surface area (TPSA) is 24.9 Å². The van der Waals surface area contributed by atoms with E-state index in [1.165, 1.54) is 73.6 Å². The molecular weight excluding hydrogens is 516 g/mol. The first kappa shape index (κ1) is 28.5. The number of nitrogens with zero attached hydrogens (tertiary/aromatic N) is 2. The van der Waals surface area contributed by atoms with Crippen LogP contribution in [0.5, 0.6) is 11.5 Å². The average molecular weight is 561 g/mol. The van der Waals surface area contributed by atoms with Gasteiger partial charge in [0.2, 0.25) is 0 Å². The van der Waals surface area contributed by atoms with Crippen molar-refractivity contribution >= 4 is 0 Å². The number of ether oxygens (including phenoxy) is 2. The van der Waals surface area contributed by atoms with Gasteiger partial charge in [0.1, 0.15) is 11.5 Å². The number of para-hydroxylation sites is 2. The summed E-state index contributed by atoms with van der Waals surface area (Å²) in [5.41, 5.74) is 5.06. The Kier molecular flexibility index (Phi) is 9.86. The van der Waals surface area contributed by atoms with Gasteiger partial charge in [-0.25, -0.2) is 0 Å². The molecule has 4 aromatic carbocycles. The Morgan fingerprint density at radius 1 is 0.429 bits per heavy atom. The first-order chi connectivity index (χ1) is 20.8. The molecule has 0 radical (unpaired) electrons. The van der Waals surface area contributed by atoms with Crippen molar-refractivity contribution in [3.05, 3.63) is 131 Å². The molecule has 4 nitrogen and oxygen atoms in total. The maximum absolute atomic E-state index is 6.47. The molecule has 42 heavy (non-hydrogen) atoms. The largest absolute Gasteiger partial charge is 0.471 e. The van der Waals surface area contributed by atoms with Crippen LogP contribution in [0.15, 0.2) is 109 Å². The van der Waals surface area contributed by atoms with Gasteiger partial charge < -0.3 is 9.47 Å². The monoisotopic (exact) mass is 560 g/mol. The zero-order valence-electron chi connectivity index (χ0n) is 24.7. The van der Waals surface area contributed by atoms with Gasteiger partial charge >= 0.3 is 0 Å². The highest BCUT2D eigenvalue weighted by Crippen LogP contribution is 2.36. The van der Waals surface area contributed by atoms with E-state index in [1.54, 1.807) is 0 Å². The van der Waals surface area contributed by atoms with Crippen LogP contribution < -0.4 is 9.47 Å². The Morgan fingerprint density at radius 3 is 1.21 bits per heavy atom. The zero-order valence-corrected chi connectivity index (χ0v) is 24.7. The molecular formula is C38H44N2O2. The Labute approximate surface area is 251 Å². The van der Waals surface area contributed by atoms with Crippen molar-refractivity contribution in [2.75, 3.05) is 13.1 Å². The Balaban J connectivity index is 0.898. The molecule has 4 heteroatoms. The SMILES string of the molecule is c1ccc(C2Oc3ccccc3CN2CCCCCCCCCCN2Cc3ccccc3OC2c2ccccc2)cc1. The lowest BCUT2D eigenvalue weighted by Crippen LogP contribution is -2.36. The molecule has 0 N–H and O–H groups in total. The summed E-state index contributed by atoms with van der Waals surface area (Å²) in [7, 11) is 0. The predicted molar refractivity (Wildman–Crippen MR) is 170 cm³/mol. The molecule has 0 fully saturated rings. The predicted octanol–water partition coefficient (Wildman–Crippen LogP) is 9.29. The fraction of sp³-hybridized carbons (Fsp3) is 0.368. The Morgan fingerprint density at radius 2 is 0.786 bits per heavy atom. The lowest BCUT2D eigenvalue weighted by Gasteiger charge is -2.37. The van der Waals surface area contributed by atoms with Crippen LogP contribution in [0.3, 0.4) is 0 Å². The third kappa shape index (κ3) is 7.24. The van der Waals surface area contributed by atoms with E-state index in [0.29, 0.717) is 0 Å². The van der Waals surface area contributed by atoms with E-state index in [-0.39, 0.29) is 12.5 Å². The molecule has 0 aromatic heterocycles. The third-order valence-electron chi connectivity index (χ3n) is 8.64. The summed E-state index contributed by atoms with van der Waals surface area (Å²) in [6, 6.07) is 38.3. The number of fused-ring (bicyclic) bond motifs is 2. The van der Waals surface area contributed by atoms with Crippen molar-refractivity contribution in [3.63, 3.8) is 0 Å². The summed E-state index contributed by atoms with van der Waals surface area (Å²) in [6.45, 7) is 4.04. The number of rotatable bonds is 13. The third-order valence-corrected chi connectivity index (χ3v) is 8.64. The van der Waals surface area contributed by atoms with Crippen molar-refractivity contribution in [3.8, 4) is 11.5 Å². The van der Waals surface area contributed by atoms with Crippen molar-refractivity contribution in [2.45, 2.75) is 76.9 Å². The van der Waals surface area contributed by atoms with E-state index in [9.17, 15) is 0 Å². The van der Waals surface area contributed by atoms with Gasteiger partial charge in [-0.05, 0) is 25.0 Å². The molecule has 0 bridgehead atoms. The van der Waals surface area contributed by atoms with Gasteiger partial charge in [0, 0.05) is 48.4 Å². The highest BCUT2D eigenvalue weighted by Gasteiger charge is 2.29. The van der Waals surface area contributed by atoms with E-state index >= 15 is 0 Å². The van der Waals surface area contributed by atoms with Gasteiger partial charge in [-0.15, -0.1) is 0 Å². The molecule has 2 heterocycles. The van der Waals surface area contributed by atoms with Crippen LogP contribution in [0.25, 0.3) is 0 Å². The molecule has 2 atom stereocenters. The van der Waals surface area contributed by atoms with Crippen LogP contribution >= 0.6 is 0 Å². The standard InChI is InChI=1S/C38H44N2O2/c1(3-5-17-27-39-29-33-23-13-15-25-35(33)41-37(39)31-19-9-7-10-20-31)2-4-6-18-28-40-30-34-24-14-16-26-36(34)42-38(40)32-21-11-8-12-22-32/h7-16,19-26,37-38H,1-6,17-18,27-30H2. The first-order valence-corrected chi connectivity index (χ1v) is 15.9. The number of hydrogen-bond donors (Lipinski definition) is 0. The van der Waals surface area contributed by atoms with Crippen molar-refractivity contribution in [2.24, 2.45) is 0 Å². The van der Waals surface area contributed by atoms with Crippen molar-refractivity contribution in [1.82, 2.24) is 9.80 Å². The van der Waals surface area contributed by atoms with E-state index < -0.39 is 0 Å². The fourth-order valence-corrected chi connectivity index (χ4v) is 6.37. The summed E-state index contributed by atoms with van der Waals surface area (Å²) in [6.07, 6.45) is 10.3. The molecule has 6 rings (SSSR count). The van der Waals surface area contributed by atoms with Crippen LogP contribution in [0.1, 0.15) is 86.1 Å². The molecule has 0 aliphatic carbocycles. The number of unbranched alkanes of at least 4 members (excludes halogenated alkanes) is 7. The normalized spacial score (nSPS) is 18.5. The van der Waals surface area contributed by atoms with Gasteiger partial charge in [-0.1, -0.05) is 136 Å². The van der Waals surface area contributed by atoms with Gasteiger partial charge in [0.15, 0.2) is 12.5 Å². The summed E-state index contributed by atoms with van der Waals surface area (Å²) in [5.74, 6) is 2.05. The lowest BCUT2D eigenvalue weighted by molar-refractivity contribution is -0.00398. The molecule has 0 spiro atoms. The summed E-state index contributed by atoms with van der Waals surface area (Å²) in [5, 5.41) is 0. The molecule has 4 aromatic rings. The van der Waals surface area contributed by atoms with Crippen LogP contribution in [0.2, 0.25) is 0 Å². The Hall–Kier alpha value is -3.60. The van der Waals surface area contributed by atoms with Gasteiger partial charge in [0.05, 0.1) is 0 Å². The maximum Gasteiger partial charge on any atom is 0.179 e.